The van der Waals surface area contributed by atoms with Crippen LogP contribution in [0.15, 0.2) is 30.3 Å². The molecule has 1 aromatic carbocycles. The number of benzene rings is 1. The first kappa shape index (κ1) is 12.6. The van der Waals surface area contributed by atoms with Gasteiger partial charge < -0.3 is 10.1 Å². The molecule has 0 saturated heterocycles. The van der Waals surface area contributed by atoms with Gasteiger partial charge in [0.2, 0.25) is 0 Å². The third-order valence-electron chi connectivity index (χ3n) is 2.26. The molecule has 0 heterocycles. The molecular weight excluding hydrogens is 202 g/mol. The summed E-state index contributed by atoms with van der Waals surface area (Å²) < 4.78 is 5.06. The first-order valence-electron chi connectivity index (χ1n) is 5.77. The van der Waals surface area contributed by atoms with Crippen LogP contribution in [0.25, 0.3) is 0 Å². The van der Waals surface area contributed by atoms with E-state index in [1.54, 1.807) is 0 Å². The van der Waals surface area contributed by atoms with Crippen LogP contribution in [0.1, 0.15) is 31.7 Å². The Morgan fingerprint density at radius 3 is 2.69 bits per heavy atom. The van der Waals surface area contributed by atoms with Crippen molar-refractivity contribution >= 4 is 6.09 Å². The fourth-order valence-electron chi connectivity index (χ4n) is 1.34. The fraction of sp³-hybridized carbons (Fsp3) is 0.462. The van der Waals surface area contributed by atoms with Gasteiger partial charge in [-0.05, 0) is 12.0 Å². The molecule has 0 aromatic heterocycles. The molecule has 0 fully saturated rings. The molecule has 0 saturated carbocycles. The summed E-state index contributed by atoms with van der Waals surface area (Å²) in [5, 5.41) is 2.73. The van der Waals surface area contributed by atoms with Gasteiger partial charge in [0.05, 0.1) is 0 Å². The standard InChI is InChI=1S/C13H19NO2/c1-2-3-7-10-14-13(15)16-11-12-8-5-4-6-9-12/h4-6,8-9H,2-3,7,10-11H2,1H3,(H,14,15). The van der Waals surface area contributed by atoms with Crippen molar-refractivity contribution < 1.29 is 9.53 Å². The second-order valence-electron chi connectivity index (χ2n) is 3.70. The summed E-state index contributed by atoms with van der Waals surface area (Å²) in [5.74, 6) is 0. The lowest BCUT2D eigenvalue weighted by Crippen LogP contribution is -2.25. The summed E-state index contributed by atoms with van der Waals surface area (Å²) in [6.07, 6.45) is 2.97. The summed E-state index contributed by atoms with van der Waals surface area (Å²) in [5.41, 5.74) is 1.01. The third-order valence-corrected chi connectivity index (χ3v) is 2.26. The summed E-state index contributed by atoms with van der Waals surface area (Å²) in [6, 6.07) is 9.67. The number of carbonyl (C=O) groups is 1. The van der Waals surface area contributed by atoms with Crippen LogP contribution in [-0.2, 0) is 11.3 Å². The largest absolute Gasteiger partial charge is 0.445 e. The van der Waals surface area contributed by atoms with Gasteiger partial charge in [-0.3, -0.25) is 0 Å². The van der Waals surface area contributed by atoms with Crippen LogP contribution in [0.2, 0.25) is 0 Å². The molecule has 3 heteroatoms. The molecule has 1 N–H and O–H groups in total. The van der Waals surface area contributed by atoms with E-state index in [2.05, 4.69) is 12.2 Å². The Morgan fingerprint density at radius 2 is 2.00 bits per heavy atom. The third kappa shape index (κ3) is 5.39. The first-order chi connectivity index (χ1) is 7.83. The van der Waals surface area contributed by atoms with E-state index in [-0.39, 0.29) is 6.09 Å². The Labute approximate surface area is 96.8 Å². The van der Waals surface area contributed by atoms with Crippen LogP contribution < -0.4 is 5.32 Å². The fourth-order valence-corrected chi connectivity index (χ4v) is 1.34. The van der Waals surface area contributed by atoms with E-state index in [1.165, 1.54) is 0 Å². The highest BCUT2D eigenvalue weighted by Gasteiger charge is 2.00. The Kier molecular flexibility index (Phi) is 6.07. The van der Waals surface area contributed by atoms with Gasteiger partial charge in [-0.2, -0.15) is 0 Å². The average Bonchev–Trinajstić information content (AvgIpc) is 2.33. The quantitative estimate of drug-likeness (QED) is 0.749. The number of unbranched alkanes of at least 4 members (excludes halogenated alkanes) is 2. The molecule has 0 unspecified atom stereocenters. The van der Waals surface area contributed by atoms with E-state index in [0.29, 0.717) is 13.2 Å². The second-order valence-corrected chi connectivity index (χ2v) is 3.70. The molecule has 0 aliphatic rings. The average molecular weight is 221 g/mol. The zero-order valence-electron chi connectivity index (χ0n) is 9.74. The molecule has 0 bridgehead atoms. The minimum absolute atomic E-state index is 0.333. The molecule has 16 heavy (non-hydrogen) atoms. The van der Waals surface area contributed by atoms with Crippen molar-refractivity contribution in [2.75, 3.05) is 6.54 Å². The predicted octanol–water partition coefficient (Wildman–Crippen LogP) is 3.10. The van der Waals surface area contributed by atoms with Crippen LogP contribution >= 0.6 is 0 Å². The molecule has 1 aromatic rings. The molecule has 0 aliphatic carbocycles. The molecule has 88 valence electrons. The summed E-state index contributed by atoms with van der Waals surface area (Å²) in [4.78, 5) is 11.2. The topological polar surface area (TPSA) is 38.3 Å². The smallest absolute Gasteiger partial charge is 0.407 e. The highest BCUT2D eigenvalue weighted by Crippen LogP contribution is 2.00. The number of carbonyl (C=O) groups excluding carboxylic acids is 1. The number of amides is 1. The van der Waals surface area contributed by atoms with Gasteiger partial charge in [0.25, 0.3) is 0 Å². The number of hydrogen-bond acceptors (Lipinski definition) is 2. The number of nitrogens with one attached hydrogen (secondary N) is 1. The Morgan fingerprint density at radius 1 is 1.25 bits per heavy atom. The molecule has 0 atom stereocenters. The van der Waals surface area contributed by atoms with Crippen LogP contribution in [-0.4, -0.2) is 12.6 Å². The van der Waals surface area contributed by atoms with Gasteiger partial charge in [0, 0.05) is 6.54 Å². The summed E-state index contributed by atoms with van der Waals surface area (Å²) in [7, 11) is 0. The van der Waals surface area contributed by atoms with Gasteiger partial charge >= 0.3 is 6.09 Å². The normalized spacial score (nSPS) is 9.81. The highest BCUT2D eigenvalue weighted by molar-refractivity contribution is 5.67. The Hall–Kier alpha value is -1.51. The van der Waals surface area contributed by atoms with Gasteiger partial charge in [0.15, 0.2) is 0 Å². The van der Waals surface area contributed by atoms with Crippen molar-refractivity contribution in [3.8, 4) is 0 Å². The van der Waals surface area contributed by atoms with Crippen LogP contribution in [0.5, 0.6) is 0 Å². The van der Waals surface area contributed by atoms with Gasteiger partial charge in [0.1, 0.15) is 6.61 Å². The molecule has 0 radical (unpaired) electrons. The SMILES string of the molecule is CCCCCNC(=O)OCc1ccccc1. The molecular formula is C13H19NO2. The van der Waals surface area contributed by atoms with E-state index < -0.39 is 0 Å². The minimum atomic E-state index is -0.333. The maximum Gasteiger partial charge on any atom is 0.407 e. The lowest BCUT2D eigenvalue weighted by Gasteiger charge is -2.06. The van der Waals surface area contributed by atoms with Crippen LogP contribution in [0, 0.1) is 0 Å². The minimum Gasteiger partial charge on any atom is -0.445 e. The van der Waals surface area contributed by atoms with Crippen LogP contribution in [0.3, 0.4) is 0 Å². The van der Waals surface area contributed by atoms with Gasteiger partial charge in [-0.1, -0.05) is 50.1 Å². The molecule has 0 spiro atoms. The Bertz CT molecular complexity index is 298. The van der Waals surface area contributed by atoms with Crippen molar-refractivity contribution in [1.29, 1.82) is 0 Å². The van der Waals surface area contributed by atoms with Crippen molar-refractivity contribution in [1.82, 2.24) is 5.32 Å². The van der Waals surface area contributed by atoms with E-state index in [4.69, 9.17) is 4.74 Å². The molecule has 3 nitrogen and oxygen atoms in total. The van der Waals surface area contributed by atoms with Gasteiger partial charge in [-0.15, -0.1) is 0 Å². The second kappa shape index (κ2) is 7.74. The van der Waals surface area contributed by atoms with E-state index in [9.17, 15) is 4.79 Å². The van der Waals surface area contributed by atoms with Gasteiger partial charge in [-0.25, -0.2) is 4.79 Å². The van der Waals surface area contributed by atoms with Crippen molar-refractivity contribution in [3.63, 3.8) is 0 Å². The first-order valence-corrected chi connectivity index (χ1v) is 5.77. The monoisotopic (exact) mass is 221 g/mol. The lowest BCUT2D eigenvalue weighted by molar-refractivity contribution is 0.139. The van der Waals surface area contributed by atoms with Crippen molar-refractivity contribution in [2.24, 2.45) is 0 Å². The predicted molar refractivity (Wildman–Crippen MR) is 64.2 cm³/mol. The lowest BCUT2D eigenvalue weighted by atomic mass is 10.2. The maximum absolute atomic E-state index is 11.2. The highest BCUT2D eigenvalue weighted by atomic mass is 16.5. The van der Waals surface area contributed by atoms with E-state index >= 15 is 0 Å². The Balaban J connectivity index is 2.11. The van der Waals surface area contributed by atoms with Crippen molar-refractivity contribution in [2.45, 2.75) is 32.8 Å². The van der Waals surface area contributed by atoms with E-state index in [0.717, 1.165) is 24.8 Å². The number of alkyl carbamates (subject to hydrolysis) is 1. The van der Waals surface area contributed by atoms with Crippen molar-refractivity contribution in [3.05, 3.63) is 35.9 Å². The molecule has 0 aliphatic heterocycles. The maximum atomic E-state index is 11.2. The van der Waals surface area contributed by atoms with E-state index in [1.807, 2.05) is 30.3 Å². The zero-order valence-corrected chi connectivity index (χ0v) is 9.74. The number of ether oxygens (including phenoxy) is 1. The number of rotatable bonds is 6. The molecule has 1 amide bonds. The number of hydrogen-bond donors (Lipinski definition) is 1. The van der Waals surface area contributed by atoms with Crippen LogP contribution in [0.4, 0.5) is 4.79 Å². The summed E-state index contributed by atoms with van der Waals surface area (Å²) >= 11 is 0. The summed E-state index contributed by atoms with van der Waals surface area (Å²) in [6.45, 7) is 3.16. The molecule has 1 rings (SSSR count). The zero-order chi connectivity index (χ0) is 11.6.